The van der Waals surface area contributed by atoms with Crippen molar-refractivity contribution in [1.82, 2.24) is 19.9 Å². The van der Waals surface area contributed by atoms with Crippen LogP contribution in [-0.4, -0.2) is 19.9 Å². The Kier molecular flexibility index (Phi) is 6.53. The highest BCUT2D eigenvalue weighted by Gasteiger charge is 2.18. The summed E-state index contributed by atoms with van der Waals surface area (Å²) in [4.78, 5) is 20.3. The normalized spacial score (nSPS) is 11.9. The van der Waals surface area contributed by atoms with Gasteiger partial charge in [0.1, 0.15) is 16.7 Å². The lowest BCUT2D eigenvalue weighted by molar-refractivity contribution is 0.623. The molecule has 6 heteroatoms. The third kappa shape index (κ3) is 4.76. The molecule has 260 valence electrons. The lowest BCUT2D eigenvalue weighted by Crippen LogP contribution is -2.00. The van der Waals surface area contributed by atoms with Gasteiger partial charge >= 0.3 is 0 Å². The maximum absolute atomic E-state index is 6.56. The van der Waals surface area contributed by atoms with E-state index in [9.17, 15) is 0 Å². The molecule has 0 aliphatic heterocycles. The van der Waals surface area contributed by atoms with Gasteiger partial charge in [-0.1, -0.05) is 127 Å². The molecule has 0 unspecified atom stereocenters. The first kappa shape index (κ1) is 30.7. The second-order valence-electron chi connectivity index (χ2n) is 14.2. The monoisotopic (exact) mass is 716 g/mol. The van der Waals surface area contributed by atoms with E-state index in [0.717, 1.165) is 98.4 Å². The molecule has 3 aromatic heterocycles. The van der Waals surface area contributed by atoms with Crippen molar-refractivity contribution in [1.29, 1.82) is 0 Å². The number of rotatable bonds is 4. The summed E-state index contributed by atoms with van der Waals surface area (Å²) in [5, 5.41) is 10.9. The minimum atomic E-state index is 0.576. The predicted octanol–water partition coefficient (Wildman–Crippen LogP) is 13.2. The van der Waals surface area contributed by atoms with E-state index in [1.807, 2.05) is 60.7 Å². The van der Waals surface area contributed by atoms with E-state index in [4.69, 9.17) is 28.8 Å². The zero-order valence-electron chi connectivity index (χ0n) is 29.8. The molecule has 12 rings (SSSR count). The molecule has 0 radical (unpaired) electrons. The molecule has 12 aromatic rings. The topological polar surface area (TPSA) is 77.8 Å². The van der Waals surface area contributed by atoms with Gasteiger partial charge in [-0.15, -0.1) is 0 Å². The number of fused-ring (bicyclic) bond motifs is 11. The molecule has 0 bridgehead atoms. The van der Waals surface area contributed by atoms with Gasteiger partial charge in [0.05, 0.1) is 0 Å². The van der Waals surface area contributed by atoms with Crippen LogP contribution in [0.5, 0.6) is 0 Å². The zero-order valence-corrected chi connectivity index (χ0v) is 29.8. The van der Waals surface area contributed by atoms with Gasteiger partial charge in [0, 0.05) is 43.8 Å². The predicted molar refractivity (Wildman–Crippen MR) is 226 cm³/mol. The second kappa shape index (κ2) is 11.9. The van der Waals surface area contributed by atoms with Gasteiger partial charge in [-0.25, -0.2) is 19.9 Å². The molecular weight excluding hydrogens is 689 g/mol. The lowest BCUT2D eigenvalue weighted by Gasteiger charge is -2.12. The molecule has 0 saturated carbocycles. The summed E-state index contributed by atoms with van der Waals surface area (Å²) in [6.07, 6.45) is 0. The molecule has 0 aliphatic rings. The van der Waals surface area contributed by atoms with Crippen molar-refractivity contribution in [3.05, 3.63) is 170 Å². The number of furan rings is 1. The van der Waals surface area contributed by atoms with Crippen molar-refractivity contribution >= 4 is 76.1 Å². The third-order valence-electron chi connectivity index (χ3n) is 10.9. The van der Waals surface area contributed by atoms with E-state index in [-0.39, 0.29) is 0 Å². The summed E-state index contributed by atoms with van der Waals surface area (Å²) >= 11 is 0. The third-order valence-corrected chi connectivity index (χ3v) is 10.9. The minimum absolute atomic E-state index is 0.576. The molecular formula is C50H28N4O2. The van der Waals surface area contributed by atoms with Crippen LogP contribution in [0.2, 0.25) is 0 Å². The van der Waals surface area contributed by atoms with Crippen LogP contribution < -0.4 is 0 Å². The first-order valence-electron chi connectivity index (χ1n) is 18.6. The number of hydrogen-bond donors (Lipinski definition) is 0. The molecule has 3 heterocycles. The van der Waals surface area contributed by atoms with Crippen molar-refractivity contribution in [3.8, 4) is 45.6 Å². The van der Waals surface area contributed by atoms with Crippen LogP contribution in [0.25, 0.3) is 122 Å². The number of benzene rings is 9. The SMILES string of the molecule is c1ccc(-c2nc3ccc4ccc5ccc6cc(-c7nc(-c8ccc9c(c8)oc8ccccc89)nc(-c8cccc9ccccc89)n7)ccc6c5c4c3o2)cc1. The maximum atomic E-state index is 6.56. The second-order valence-corrected chi connectivity index (χ2v) is 14.2. The lowest BCUT2D eigenvalue weighted by atomic mass is 9.95. The Bertz CT molecular complexity index is 3540. The largest absolute Gasteiger partial charge is 0.456 e. The Balaban J connectivity index is 1.07. The summed E-state index contributed by atoms with van der Waals surface area (Å²) in [5.74, 6) is 2.39. The Morgan fingerprint density at radius 1 is 0.339 bits per heavy atom. The van der Waals surface area contributed by atoms with Crippen molar-refractivity contribution < 1.29 is 8.83 Å². The van der Waals surface area contributed by atoms with Crippen LogP contribution in [0.1, 0.15) is 0 Å². The van der Waals surface area contributed by atoms with Gasteiger partial charge in [-0.05, 0) is 74.8 Å². The highest BCUT2D eigenvalue weighted by atomic mass is 16.3. The fraction of sp³-hybridized carbons (Fsp3) is 0. The Labute approximate surface area is 319 Å². The molecule has 0 spiro atoms. The smallest absolute Gasteiger partial charge is 0.227 e. The maximum Gasteiger partial charge on any atom is 0.227 e. The quantitative estimate of drug-likeness (QED) is 0.169. The van der Waals surface area contributed by atoms with Crippen LogP contribution in [0.3, 0.4) is 0 Å². The first-order valence-corrected chi connectivity index (χ1v) is 18.6. The van der Waals surface area contributed by atoms with Crippen molar-refractivity contribution in [3.63, 3.8) is 0 Å². The van der Waals surface area contributed by atoms with Crippen LogP contribution in [0, 0.1) is 0 Å². The van der Waals surface area contributed by atoms with Crippen molar-refractivity contribution in [2.45, 2.75) is 0 Å². The molecule has 0 aliphatic carbocycles. The van der Waals surface area contributed by atoms with Gasteiger partial charge in [-0.3, -0.25) is 0 Å². The van der Waals surface area contributed by atoms with Crippen LogP contribution in [0.15, 0.2) is 179 Å². The van der Waals surface area contributed by atoms with Crippen LogP contribution in [-0.2, 0) is 0 Å². The van der Waals surface area contributed by atoms with Gasteiger partial charge in [-0.2, -0.15) is 0 Å². The van der Waals surface area contributed by atoms with Crippen molar-refractivity contribution in [2.75, 3.05) is 0 Å². The van der Waals surface area contributed by atoms with E-state index in [1.54, 1.807) is 0 Å². The van der Waals surface area contributed by atoms with Crippen molar-refractivity contribution in [2.24, 2.45) is 0 Å². The summed E-state index contributed by atoms with van der Waals surface area (Å²) in [5.41, 5.74) is 6.90. The summed E-state index contributed by atoms with van der Waals surface area (Å²) < 4.78 is 12.8. The molecule has 0 N–H and O–H groups in total. The number of hydrogen-bond acceptors (Lipinski definition) is 6. The van der Waals surface area contributed by atoms with Crippen LogP contribution >= 0.6 is 0 Å². The highest BCUT2D eigenvalue weighted by Crippen LogP contribution is 2.40. The fourth-order valence-corrected chi connectivity index (χ4v) is 8.23. The Hall–Kier alpha value is -7.70. The average Bonchev–Trinajstić information content (AvgIpc) is 3.88. The molecule has 6 nitrogen and oxygen atoms in total. The van der Waals surface area contributed by atoms with Gasteiger partial charge < -0.3 is 8.83 Å². The van der Waals surface area contributed by atoms with E-state index in [1.165, 1.54) is 0 Å². The number of nitrogens with zero attached hydrogens (tertiary/aromatic N) is 4. The van der Waals surface area contributed by atoms with Gasteiger partial charge in [0.25, 0.3) is 0 Å². The minimum Gasteiger partial charge on any atom is -0.456 e. The molecule has 0 atom stereocenters. The van der Waals surface area contributed by atoms with E-state index < -0.39 is 0 Å². The Morgan fingerprint density at radius 3 is 1.84 bits per heavy atom. The molecule has 9 aromatic carbocycles. The van der Waals surface area contributed by atoms with Gasteiger partial charge in [0.2, 0.25) is 5.89 Å². The molecule has 0 fully saturated rings. The summed E-state index contributed by atoms with van der Waals surface area (Å²) in [6, 6.07) is 58.3. The average molecular weight is 717 g/mol. The zero-order chi connectivity index (χ0) is 36.7. The number of para-hydroxylation sites is 1. The van der Waals surface area contributed by atoms with Crippen LogP contribution in [0.4, 0.5) is 0 Å². The molecule has 0 amide bonds. The van der Waals surface area contributed by atoms with E-state index in [0.29, 0.717) is 23.4 Å². The Morgan fingerprint density at radius 2 is 0.982 bits per heavy atom. The summed E-state index contributed by atoms with van der Waals surface area (Å²) in [6.45, 7) is 0. The van der Waals surface area contributed by atoms with Gasteiger partial charge in [0.15, 0.2) is 23.1 Å². The number of aromatic nitrogens is 4. The standard InChI is InChI=1S/C50H28N4O2/c1-2-10-32(11-3-1)50-51-41-26-23-31-18-17-30-19-20-33-27-34(21-24-37(33)44(30)45(31)46(41)56-50)47-52-48(35-22-25-39-38-14-6-7-16-42(38)55-43(39)28-35)54-49(53-47)40-15-8-12-29-9-4-5-13-36(29)40/h1-28H. The number of oxazole rings is 1. The highest BCUT2D eigenvalue weighted by molar-refractivity contribution is 6.26. The van der Waals surface area contributed by atoms with E-state index >= 15 is 0 Å². The van der Waals surface area contributed by atoms with E-state index in [2.05, 4.69) is 109 Å². The molecule has 0 saturated heterocycles. The first-order chi connectivity index (χ1) is 27.7. The fourth-order valence-electron chi connectivity index (χ4n) is 8.23. The molecule has 56 heavy (non-hydrogen) atoms. The summed E-state index contributed by atoms with van der Waals surface area (Å²) in [7, 11) is 0.